The van der Waals surface area contributed by atoms with E-state index in [1.807, 2.05) is 10.8 Å². The van der Waals surface area contributed by atoms with Gasteiger partial charge in [0.15, 0.2) is 5.78 Å². The first kappa shape index (κ1) is 14.7. The molecular formula is C13H19NO3S. The van der Waals surface area contributed by atoms with Crippen molar-refractivity contribution in [3.05, 3.63) is 22.4 Å². The van der Waals surface area contributed by atoms with Crippen molar-refractivity contribution in [2.45, 2.75) is 45.8 Å². The number of hydrogen-bond acceptors (Lipinski definition) is 4. The van der Waals surface area contributed by atoms with Crippen molar-refractivity contribution in [2.24, 2.45) is 0 Å². The van der Waals surface area contributed by atoms with Crippen molar-refractivity contribution < 1.29 is 14.3 Å². The number of carbonyl (C=O) groups is 2. The van der Waals surface area contributed by atoms with Gasteiger partial charge in [0.1, 0.15) is 5.60 Å². The van der Waals surface area contributed by atoms with Gasteiger partial charge in [0, 0.05) is 23.4 Å². The molecule has 0 spiro atoms. The van der Waals surface area contributed by atoms with Gasteiger partial charge in [-0.05, 0) is 39.1 Å². The Morgan fingerprint density at radius 1 is 1.44 bits per heavy atom. The summed E-state index contributed by atoms with van der Waals surface area (Å²) in [5, 5.41) is 6.32. The van der Waals surface area contributed by atoms with E-state index in [1.165, 1.54) is 11.3 Å². The molecule has 18 heavy (non-hydrogen) atoms. The van der Waals surface area contributed by atoms with Crippen LogP contribution in [0.5, 0.6) is 0 Å². The molecule has 0 aromatic carbocycles. The standard InChI is InChI=1S/C13H19NO3S/c1-9(14-12(16)17-13(2,3)4)7-11(15)10-5-6-18-8-10/h5-6,8-9H,7H2,1-4H3,(H,14,16)/t9-/m1/s1. The van der Waals surface area contributed by atoms with E-state index in [2.05, 4.69) is 5.32 Å². The van der Waals surface area contributed by atoms with E-state index in [0.717, 1.165) is 0 Å². The molecule has 1 rings (SSSR count). The molecule has 0 aliphatic heterocycles. The fourth-order valence-electron chi connectivity index (χ4n) is 1.38. The van der Waals surface area contributed by atoms with E-state index >= 15 is 0 Å². The minimum atomic E-state index is -0.527. The van der Waals surface area contributed by atoms with Crippen LogP contribution in [0.4, 0.5) is 4.79 Å². The predicted molar refractivity (Wildman–Crippen MR) is 72.1 cm³/mol. The van der Waals surface area contributed by atoms with E-state index in [-0.39, 0.29) is 18.2 Å². The molecule has 0 aliphatic carbocycles. The summed E-state index contributed by atoms with van der Waals surface area (Å²) in [4.78, 5) is 23.3. The lowest BCUT2D eigenvalue weighted by molar-refractivity contribution is 0.0506. The van der Waals surface area contributed by atoms with Gasteiger partial charge in [-0.25, -0.2) is 4.79 Å². The second-order valence-electron chi connectivity index (χ2n) is 5.19. The topological polar surface area (TPSA) is 55.4 Å². The van der Waals surface area contributed by atoms with Gasteiger partial charge in [0.05, 0.1) is 0 Å². The normalized spacial score (nSPS) is 12.9. The minimum Gasteiger partial charge on any atom is -0.444 e. The number of hydrogen-bond donors (Lipinski definition) is 1. The third-order valence-corrected chi connectivity index (χ3v) is 2.78. The zero-order valence-electron chi connectivity index (χ0n) is 11.1. The maximum atomic E-state index is 11.8. The molecule has 0 saturated heterocycles. The summed E-state index contributed by atoms with van der Waals surface area (Å²) >= 11 is 1.48. The summed E-state index contributed by atoms with van der Waals surface area (Å²) in [5.74, 6) is 0.0276. The fraction of sp³-hybridized carbons (Fsp3) is 0.538. The molecule has 1 aromatic rings. The molecule has 100 valence electrons. The molecular weight excluding hydrogens is 250 g/mol. The largest absolute Gasteiger partial charge is 0.444 e. The monoisotopic (exact) mass is 269 g/mol. The Balaban J connectivity index is 2.40. The Labute approximate surface area is 111 Å². The highest BCUT2D eigenvalue weighted by molar-refractivity contribution is 7.08. The van der Waals surface area contributed by atoms with Gasteiger partial charge < -0.3 is 10.1 Å². The smallest absolute Gasteiger partial charge is 0.407 e. The lowest BCUT2D eigenvalue weighted by atomic mass is 10.1. The van der Waals surface area contributed by atoms with Crippen LogP contribution in [0.1, 0.15) is 44.5 Å². The molecule has 0 saturated carbocycles. The molecule has 0 aliphatic rings. The molecule has 0 fully saturated rings. The Morgan fingerprint density at radius 2 is 2.11 bits per heavy atom. The Morgan fingerprint density at radius 3 is 2.61 bits per heavy atom. The second kappa shape index (κ2) is 6.00. The minimum absolute atomic E-state index is 0.0276. The highest BCUT2D eigenvalue weighted by Gasteiger charge is 2.19. The van der Waals surface area contributed by atoms with Gasteiger partial charge in [-0.3, -0.25) is 4.79 Å². The number of nitrogens with one attached hydrogen (secondary N) is 1. The summed E-state index contributed by atoms with van der Waals surface area (Å²) in [6.07, 6.45) is -0.219. The third kappa shape index (κ3) is 5.31. The van der Waals surface area contributed by atoms with Gasteiger partial charge in [0.25, 0.3) is 0 Å². The average Bonchev–Trinajstić information content (AvgIpc) is 2.65. The van der Waals surface area contributed by atoms with Crippen molar-refractivity contribution in [3.8, 4) is 0 Å². The predicted octanol–water partition coefficient (Wildman–Crippen LogP) is 3.23. The zero-order chi connectivity index (χ0) is 13.8. The van der Waals surface area contributed by atoms with Crippen molar-refractivity contribution in [1.82, 2.24) is 5.32 Å². The number of ether oxygens (including phenoxy) is 1. The molecule has 4 nitrogen and oxygen atoms in total. The van der Waals surface area contributed by atoms with Crippen LogP contribution in [0, 0.1) is 0 Å². The van der Waals surface area contributed by atoms with Crippen LogP contribution in [0.3, 0.4) is 0 Å². The second-order valence-corrected chi connectivity index (χ2v) is 5.97. The molecule has 5 heteroatoms. The third-order valence-electron chi connectivity index (χ3n) is 2.10. The van der Waals surface area contributed by atoms with Crippen molar-refractivity contribution in [1.29, 1.82) is 0 Å². The molecule has 0 bridgehead atoms. The van der Waals surface area contributed by atoms with Gasteiger partial charge in [-0.15, -0.1) is 0 Å². The zero-order valence-corrected chi connectivity index (χ0v) is 12.0. The summed E-state index contributed by atoms with van der Waals surface area (Å²) in [5.41, 5.74) is 0.166. The lowest BCUT2D eigenvalue weighted by Crippen LogP contribution is -2.38. The first-order valence-electron chi connectivity index (χ1n) is 5.83. The van der Waals surface area contributed by atoms with Crippen LogP contribution >= 0.6 is 11.3 Å². The fourth-order valence-corrected chi connectivity index (χ4v) is 2.04. The first-order chi connectivity index (χ1) is 8.28. The maximum Gasteiger partial charge on any atom is 0.407 e. The van der Waals surface area contributed by atoms with Crippen LogP contribution in [-0.4, -0.2) is 23.5 Å². The van der Waals surface area contributed by atoms with Gasteiger partial charge in [0.2, 0.25) is 0 Å². The first-order valence-corrected chi connectivity index (χ1v) is 6.77. The number of amides is 1. The Hall–Kier alpha value is -1.36. The number of rotatable bonds is 4. The number of thiophene rings is 1. The molecule has 1 atom stereocenters. The average molecular weight is 269 g/mol. The summed E-state index contributed by atoms with van der Waals surface area (Å²) in [7, 11) is 0. The number of ketones is 1. The van der Waals surface area contributed by atoms with Crippen LogP contribution < -0.4 is 5.32 Å². The van der Waals surface area contributed by atoms with E-state index in [1.54, 1.807) is 33.8 Å². The van der Waals surface area contributed by atoms with Gasteiger partial charge in [-0.2, -0.15) is 11.3 Å². The SMILES string of the molecule is C[C@H](CC(=O)c1ccsc1)NC(=O)OC(C)(C)C. The molecule has 0 radical (unpaired) electrons. The Bertz CT molecular complexity index is 406. The van der Waals surface area contributed by atoms with E-state index in [0.29, 0.717) is 5.56 Å². The van der Waals surface area contributed by atoms with E-state index in [4.69, 9.17) is 4.74 Å². The summed E-state index contributed by atoms with van der Waals surface area (Å²) < 4.78 is 5.12. The number of alkyl carbamates (subject to hydrolysis) is 1. The van der Waals surface area contributed by atoms with Crippen LogP contribution in [0.2, 0.25) is 0 Å². The van der Waals surface area contributed by atoms with E-state index < -0.39 is 11.7 Å². The van der Waals surface area contributed by atoms with Crippen LogP contribution in [-0.2, 0) is 4.74 Å². The molecule has 1 amide bonds. The van der Waals surface area contributed by atoms with Crippen molar-refractivity contribution in [2.75, 3.05) is 0 Å². The quantitative estimate of drug-likeness (QED) is 0.854. The highest BCUT2D eigenvalue weighted by Crippen LogP contribution is 2.11. The van der Waals surface area contributed by atoms with Gasteiger partial charge >= 0.3 is 6.09 Å². The van der Waals surface area contributed by atoms with Crippen LogP contribution in [0.25, 0.3) is 0 Å². The molecule has 1 aromatic heterocycles. The summed E-state index contributed by atoms with van der Waals surface area (Å²) in [6.45, 7) is 7.18. The highest BCUT2D eigenvalue weighted by atomic mass is 32.1. The molecule has 1 N–H and O–H groups in total. The van der Waals surface area contributed by atoms with Crippen molar-refractivity contribution in [3.63, 3.8) is 0 Å². The van der Waals surface area contributed by atoms with E-state index in [9.17, 15) is 9.59 Å². The van der Waals surface area contributed by atoms with Crippen LogP contribution in [0.15, 0.2) is 16.8 Å². The molecule has 0 unspecified atom stereocenters. The number of carbonyl (C=O) groups excluding carboxylic acids is 2. The summed E-state index contributed by atoms with van der Waals surface area (Å²) in [6, 6.07) is 1.54. The number of Topliss-reactive ketones (excluding diaryl/α,β-unsaturated/α-hetero) is 1. The van der Waals surface area contributed by atoms with Gasteiger partial charge in [-0.1, -0.05) is 0 Å². The maximum absolute atomic E-state index is 11.8. The molecule has 1 heterocycles. The lowest BCUT2D eigenvalue weighted by Gasteiger charge is -2.21. The Kier molecular flexibility index (Phi) is 4.90. The van der Waals surface area contributed by atoms with Crippen molar-refractivity contribution >= 4 is 23.2 Å².